The van der Waals surface area contributed by atoms with Gasteiger partial charge in [-0.1, -0.05) is 12.1 Å². The highest BCUT2D eigenvalue weighted by molar-refractivity contribution is 5.93. The summed E-state index contributed by atoms with van der Waals surface area (Å²) in [4.78, 5) is 16.3. The number of pyridine rings is 1. The summed E-state index contributed by atoms with van der Waals surface area (Å²) < 4.78 is 10.4. The average molecular weight is 351 g/mol. The van der Waals surface area contributed by atoms with Crippen molar-refractivity contribution in [1.82, 2.24) is 10.3 Å². The maximum absolute atomic E-state index is 12.2. The van der Waals surface area contributed by atoms with Crippen LogP contribution in [-0.4, -0.2) is 24.5 Å². The molecule has 6 nitrogen and oxygen atoms in total. The first kappa shape index (κ1) is 17.5. The van der Waals surface area contributed by atoms with Crippen molar-refractivity contribution >= 4 is 11.6 Å². The van der Waals surface area contributed by atoms with Crippen LogP contribution < -0.4 is 15.4 Å². The van der Waals surface area contributed by atoms with Gasteiger partial charge in [0.05, 0.1) is 19.9 Å². The lowest BCUT2D eigenvalue weighted by atomic mass is 10.1. The number of carbonyl (C=O) groups is 1. The van der Waals surface area contributed by atoms with Crippen molar-refractivity contribution in [2.75, 3.05) is 19.0 Å². The standard InChI is InChI=1S/C20H21N3O3/c1-25-17-6-4-15(5-7-17)8-10-21-16-9-11-22-19(13-16)20(24)23-14-18-3-2-12-26-18/h2-7,9,11-13H,8,10,14H2,1H3,(H,21,22)(H,23,24). The molecule has 134 valence electrons. The molecule has 0 saturated heterocycles. The van der Waals surface area contributed by atoms with Crippen molar-refractivity contribution in [3.8, 4) is 5.75 Å². The summed E-state index contributed by atoms with van der Waals surface area (Å²) in [6.07, 6.45) is 4.07. The molecule has 0 aliphatic carbocycles. The van der Waals surface area contributed by atoms with Gasteiger partial charge in [-0.3, -0.25) is 9.78 Å². The quantitative estimate of drug-likeness (QED) is 0.651. The van der Waals surface area contributed by atoms with Crippen LogP contribution >= 0.6 is 0 Å². The molecule has 1 amide bonds. The van der Waals surface area contributed by atoms with Crippen molar-refractivity contribution in [2.24, 2.45) is 0 Å². The topological polar surface area (TPSA) is 76.4 Å². The molecule has 0 atom stereocenters. The van der Waals surface area contributed by atoms with E-state index in [0.717, 1.165) is 24.4 Å². The number of aromatic nitrogens is 1. The van der Waals surface area contributed by atoms with E-state index in [0.29, 0.717) is 18.0 Å². The third-order valence-corrected chi connectivity index (χ3v) is 3.90. The molecule has 3 aromatic rings. The van der Waals surface area contributed by atoms with Crippen LogP contribution in [0.3, 0.4) is 0 Å². The fourth-order valence-corrected chi connectivity index (χ4v) is 2.48. The molecule has 2 N–H and O–H groups in total. The number of rotatable bonds is 8. The lowest BCUT2D eigenvalue weighted by Crippen LogP contribution is -2.23. The van der Waals surface area contributed by atoms with E-state index in [4.69, 9.17) is 9.15 Å². The lowest BCUT2D eigenvalue weighted by Gasteiger charge is -2.09. The van der Waals surface area contributed by atoms with Gasteiger partial charge in [0.1, 0.15) is 17.2 Å². The molecule has 0 aliphatic rings. The maximum atomic E-state index is 12.2. The van der Waals surface area contributed by atoms with E-state index < -0.39 is 0 Å². The zero-order chi connectivity index (χ0) is 18.2. The predicted molar refractivity (Wildman–Crippen MR) is 99.3 cm³/mol. The summed E-state index contributed by atoms with van der Waals surface area (Å²) in [6, 6.07) is 15.2. The van der Waals surface area contributed by atoms with Gasteiger partial charge in [0.25, 0.3) is 5.91 Å². The second kappa shape index (κ2) is 8.71. The van der Waals surface area contributed by atoms with Crippen LogP contribution in [0.4, 0.5) is 5.69 Å². The molecule has 2 heterocycles. The van der Waals surface area contributed by atoms with Gasteiger partial charge >= 0.3 is 0 Å². The molecule has 1 aromatic carbocycles. The number of ether oxygens (including phenoxy) is 1. The molecular formula is C20H21N3O3. The summed E-state index contributed by atoms with van der Waals surface area (Å²) >= 11 is 0. The summed E-state index contributed by atoms with van der Waals surface area (Å²) in [5, 5.41) is 6.10. The fraction of sp³-hybridized carbons (Fsp3) is 0.200. The van der Waals surface area contributed by atoms with E-state index in [1.807, 2.05) is 36.4 Å². The largest absolute Gasteiger partial charge is 0.497 e. The van der Waals surface area contributed by atoms with Crippen LogP contribution in [0.15, 0.2) is 65.4 Å². The number of methoxy groups -OCH3 is 1. The number of benzene rings is 1. The first-order valence-corrected chi connectivity index (χ1v) is 8.38. The van der Waals surface area contributed by atoms with Gasteiger partial charge in [0.2, 0.25) is 0 Å². The molecule has 3 rings (SSSR count). The molecular weight excluding hydrogens is 330 g/mol. The average Bonchev–Trinajstić information content (AvgIpc) is 3.20. The molecule has 0 saturated carbocycles. The third-order valence-electron chi connectivity index (χ3n) is 3.90. The van der Waals surface area contributed by atoms with Crippen molar-refractivity contribution in [3.05, 3.63) is 78.0 Å². The SMILES string of the molecule is COc1ccc(CCNc2ccnc(C(=O)NCc3ccco3)c2)cc1. The number of carbonyl (C=O) groups excluding carboxylic acids is 1. The number of furan rings is 1. The van der Waals surface area contributed by atoms with Gasteiger partial charge in [-0.05, 0) is 48.4 Å². The Morgan fingerprint density at radius 1 is 1.19 bits per heavy atom. The Balaban J connectivity index is 1.50. The molecule has 0 spiro atoms. The number of hydrogen-bond acceptors (Lipinski definition) is 5. The number of hydrogen-bond donors (Lipinski definition) is 2. The summed E-state index contributed by atoms with van der Waals surface area (Å²) in [6.45, 7) is 1.09. The Morgan fingerprint density at radius 3 is 2.77 bits per heavy atom. The van der Waals surface area contributed by atoms with Crippen LogP contribution in [0.2, 0.25) is 0 Å². The highest BCUT2D eigenvalue weighted by Gasteiger charge is 2.08. The number of nitrogens with zero attached hydrogens (tertiary/aromatic N) is 1. The minimum atomic E-state index is -0.236. The van der Waals surface area contributed by atoms with Crippen molar-refractivity contribution < 1.29 is 13.9 Å². The van der Waals surface area contributed by atoms with Gasteiger partial charge in [0, 0.05) is 18.4 Å². The van der Waals surface area contributed by atoms with E-state index in [2.05, 4.69) is 15.6 Å². The van der Waals surface area contributed by atoms with Crippen molar-refractivity contribution in [1.29, 1.82) is 0 Å². The third kappa shape index (κ3) is 4.86. The Kier molecular flexibility index (Phi) is 5.88. The van der Waals surface area contributed by atoms with Gasteiger partial charge in [0.15, 0.2) is 0 Å². The van der Waals surface area contributed by atoms with E-state index >= 15 is 0 Å². The molecule has 0 fully saturated rings. The molecule has 26 heavy (non-hydrogen) atoms. The molecule has 0 bridgehead atoms. The Morgan fingerprint density at radius 2 is 2.04 bits per heavy atom. The fourth-order valence-electron chi connectivity index (χ4n) is 2.48. The zero-order valence-electron chi connectivity index (χ0n) is 14.6. The molecule has 0 unspecified atom stereocenters. The summed E-state index contributed by atoms with van der Waals surface area (Å²) in [5.74, 6) is 1.31. The van der Waals surface area contributed by atoms with Crippen LogP contribution in [-0.2, 0) is 13.0 Å². The number of anilines is 1. The first-order valence-electron chi connectivity index (χ1n) is 8.38. The van der Waals surface area contributed by atoms with Crippen molar-refractivity contribution in [2.45, 2.75) is 13.0 Å². The molecule has 2 aromatic heterocycles. The molecule has 6 heteroatoms. The van der Waals surface area contributed by atoms with E-state index in [-0.39, 0.29) is 5.91 Å². The van der Waals surface area contributed by atoms with Gasteiger partial charge in [-0.15, -0.1) is 0 Å². The van der Waals surface area contributed by atoms with Gasteiger partial charge in [-0.2, -0.15) is 0 Å². The van der Waals surface area contributed by atoms with Crippen molar-refractivity contribution in [3.63, 3.8) is 0 Å². The number of amides is 1. The molecule has 0 aliphatic heterocycles. The van der Waals surface area contributed by atoms with Crippen LogP contribution in [0.25, 0.3) is 0 Å². The Labute approximate surface area is 152 Å². The van der Waals surface area contributed by atoms with Crippen LogP contribution in [0, 0.1) is 0 Å². The zero-order valence-corrected chi connectivity index (χ0v) is 14.6. The lowest BCUT2D eigenvalue weighted by molar-refractivity contribution is 0.0943. The normalized spacial score (nSPS) is 10.3. The van der Waals surface area contributed by atoms with Crippen LogP contribution in [0.5, 0.6) is 5.75 Å². The minimum absolute atomic E-state index is 0.236. The first-order chi connectivity index (χ1) is 12.7. The maximum Gasteiger partial charge on any atom is 0.270 e. The minimum Gasteiger partial charge on any atom is -0.497 e. The second-order valence-corrected chi connectivity index (χ2v) is 5.72. The number of nitrogens with one attached hydrogen (secondary N) is 2. The van der Waals surface area contributed by atoms with E-state index in [1.165, 1.54) is 5.56 Å². The highest BCUT2D eigenvalue weighted by atomic mass is 16.5. The Bertz CT molecular complexity index is 830. The summed E-state index contributed by atoms with van der Waals surface area (Å²) in [7, 11) is 1.66. The highest BCUT2D eigenvalue weighted by Crippen LogP contribution is 2.13. The van der Waals surface area contributed by atoms with Gasteiger partial charge in [-0.25, -0.2) is 0 Å². The Hall–Kier alpha value is -3.28. The van der Waals surface area contributed by atoms with E-state index in [9.17, 15) is 4.79 Å². The smallest absolute Gasteiger partial charge is 0.270 e. The predicted octanol–water partition coefficient (Wildman–Crippen LogP) is 3.27. The monoisotopic (exact) mass is 351 g/mol. The second-order valence-electron chi connectivity index (χ2n) is 5.72. The summed E-state index contributed by atoms with van der Waals surface area (Å²) in [5.41, 5.74) is 2.44. The van der Waals surface area contributed by atoms with E-state index in [1.54, 1.807) is 31.7 Å². The van der Waals surface area contributed by atoms with Gasteiger partial charge < -0.3 is 19.8 Å². The molecule has 0 radical (unpaired) electrons. The van der Waals surface area contributed by atoms with Crippen LogP contribution in [0.1, 0.15) is 21.8 Å².